The fourth-order valence-electron chi connectivity index (χ4n) is 3.45. The second kappa shape index (κ2) is 9.30. The molecule has 0 atom stereocenters. The zero-order valence-electron chi connectivity index (χ0n) is 17.5. The molecule has 4 aromatic rings. The van der Waals surface area contributed by atoms with Crippen molar-refractivity contribution in [3.05, 3.63) is 82.6 Å². The van der Waals surface area contributed by atoms with E-state index in [9.17, 15) is 9.18 Å². The number of nitrogens with one attached hydrogen (secondary N) is 1. The first-order chi connectivity index (χ1) is 15.4. The van der Waals surface area contributed by atoms with Gasteiger partial charge in [-0.1, -0.05) is 42.6 Å². The van der Waals surface area contributed by atoms with Gasteiger partial charge >= 0.3 is 0 Å². The molecule has 0 unspecified atom stereocenters. The van der Waals surface area contributed by atoms with Crippen molar-refractivity contribution in [3.63, 3.8) is 0 Å². The van der Waals surface area contributed by atoms with Crippen LogP contribution in [0.5, 0.6) is 0 Å². The lowest BCUT2D eigenvalue weighted by Gasteiger charge is -2.10. The lowest BCUT2D eigenvalue weighted by molar-refractivity contribution is 0.103. The van der Waals surface area contributed by atoms with E-state index in [4.69, 9.17) is 11.6 Å². The van der Waals surface area contributed by atoms with Gasteiger partial charge in [0.15, 0.2) is 5.82 Å². The lowest BCUT2D eigenvalue weighted by atomic mass is 10.00. The van der Waals surface area contributed by atoms with E-state index in [-0.39, 0.29) is 11.3 Å². The first-order valence-corrected chi connectivity index (χ1v) is 11.4. The summed E-state index contributed by atoms with van der Waals surface area (Å²) in [6, 6.07) is 11.4. The van der Waals surface area contributed by atoms with Crippen LogP contribution < -0.4 is 4.72 Å². The highest BCUT2D eigenvalue weighted by atomic mass is 35.5. The molecule has 0 radical (unpaired) electrons. The number of anilines is 1. The summed E-state index contributed by atoms with van der Waals surface area (Å²) >= 11 is 7.28. The second-order valence-electron chi connectivity index (χ2n) is 7.32. The zero-order valence-corrected chi connectivity index (χ0v) is 19.0. The van der Waals surface area contributed by atoms with Crippen LogP contribution in [0.1, 0.15) is 29.3 Å². The summed E-state index contributed by atoms with van der Waals surface area (Å²) < 4.78 is 34.3. The molecule has 0 amide bonds. The Hall–Kier alpha value is -2.90. The molecular formula is C24H20ClF2N3OS. The standard InChI is InChI=1S/C24H20ClF2N3OS/c1-3-10-32-29-20-9-8-19(26)21(22(20)27)23(31)18-13-30(2)24-17(18)11-15(12-28-24)14-4-6-16(25)7-5-14/h4-9,11-13,29H,3,10H2,1-2H3. The Morgan fingerprint density at radius 3 is 2.62 bits per heavy atom. The first-order valence-electron chi connectivity index (χ1n) is 10.0. The van der Waals surface area contributed by atoms with Crippen LogP contribution in [-0.2, 0) is 7.05 Å². The molecule has 4 nitrogen and oxygen atoms in total. The van der Waals surface area contributed by atoms with Gasteiger partial charge in [-0.2, -0.15) is 0 Å². The Balaban J connectivity index is 1.79. The zero-order chi connectivity index (χ0) is 22.8. The highest BCUT2D eigenvalue weighted by Gasteiger charge is 2.25. The molecule has 32 heavy (non-hydrogen) atoms. The Morgan fingerprint density at radius 2 is 1.91 bits per heavy atom. The van der Waals surface area contributed by atoms with Crippen LogP contribution in [0.3, 0.4) is 0 Å². The topological polar surface area (TPSA) is 46.9 Å². The van der Waals surface area contributed by atoms with E-state index in [1.807, 2.05) is 19.1 Å². The van der Waals surface area contributed by atoms with Gasteiger partial charge < -0.3 is 9.29 Å². The van der Waals surface area contributed by atoms with Crippen molar-refractivity contribution in [2.75, 3.05) is 10.5 Å². The van der Waals surface area contributed by atoms with Gasteiger partial charge in [-0.3, -0.25) is 4.79 Å². The lowest BCUT2D eigenvalue weighted by Crippen LogP contribution is -2.09. The van der Waals surface area contributed by atoms with Crippen LogP contribution in [-0.4, -0.2) is 21.1 Å². The molecule has 164 valence electrons. The number of nitrogens with zero attached hydrogens (tertiary/aromatic N) is 2. The maximum absolute atomic E-state index is 15.1. The maximum Gasteiger partial charge on any atom is 0.201 e. The van der Waals surface area contributed by atoms with E-state index in [0.29, 0.717) is 16.1 Å². The monoisotopic (exact) mass is 471 g/mol. The average molecular weight is 472 g/mol. The number of benzene rings is 2. The predicted octanol–water partition coefficient (Wildman–Crippen LogP) is 6.87. The summed E-state index contributed by atoms with van der Waals surface area (Å²) in [5, 5.41) is 1.12. The molecule has 1 N–H and O–H groups in total. The molecule has 2 heterocycles. The van der Waals surface area contributed by atoms with Crippen molar-refractivity contribution in [1.82, 2.24) is 9.55 Å². The molecule has 2 aromatic heterocycles. The smallest absolute Gasteiger partial charge is 0.201 e. The quantitative estimate of drug-likeness (QED) is 0.181. The van der Waals surface area contributed by atoms with E-state index in [2.05, 4.69) is 9.71 Å². The third-order valence-electron chi connectivity index (χ3n) is 5.04. The summed E-state index contributed by atoms with van der Waals surface area (Å²) in [5.74, 6) is -1.79. The number of carbonyl (C=O) groups excluding carboxylic acids is 1. The van der Waals surface area contributed by atoms with Gasteiger partial charge in [0.2, 0.25) is 5.78 Å². The minimum atomic E-state index is -0.905. The molecule has 0 fully saturated rings. The van der Waals surface area contributed by atoms with Gasteiger partial charge in [0.1, 0.15) is 11.5 Å². The number of ketones is 1. The fraction of sp³-hybridized carbons (Fsp3) is 0.167. The Morgan fingerprint density at radius 1 is 1.16 bits per heavy atom. The number of aromatic nitrogens is 2. The van der Waals surface area contributed by atoms with Crippen molar-refractivity contribution < 1.29 is 13.6 Å². The number of halogens is 3. The van der Waals surface area contributed by atoms with Crippen molar-refractivity contribution >= 4 is 46.1 Å². The summed E-state index contributed by atoms with van der Waals surface area (Å²) in [4.78, 5) is 17.8. The molecule has 0 aliphatic carbocycles. The summed E-state index contributed by atoms with van der Waals surface area (Å²) in [6.45, 7) is 2.00. The minimum Gasteiger partial charge on any atom is -0.335 e. The fourth-order valence-corrected chi connectivity index (χ4v) is 4.19. The van der Waals surface area contributed by atoms with Crippen LogP contribution in [0, 0.1) is 11.6 Å². The van der Waals surface area contributed by atoms with Gasteiger partial charge in [-0.15, -0.1) is 0 Å². The van der Waals surface area contributed by atoms with Gasteiger partial charge in [0, 0.05) is 46.7 Å². The Bertz CT molecular complexity index is 1310. The number of aryl methyl sites for hydroxylation is 1. The molecule has 2 aromatic carbocycles. The molecule has 0 saturated heterocycles. The number of hydrogen-bond donors (Lipinski definition) is 1. The molecule has 0 aliphatic rings. The number of carbonyl (C=O) groups is 1. The predicted molar refractivity (Wildman–Crippen MR) is 127 cm³/mol. The largest absolute Gasteiger partial charge is 0.335 e. The first kappa shape index (κ1) is 22.3. The van der Waals surface area contributed by atoms with Gasteiger partial charge in [-0.25, -0.2) is 13.8 Å². The van der Waals surface area contributed by atoms with Crippen molar-refractivity contribution in [2.24, 2.45) is 7.05 Å². The molecule has 0 saturated carbocycles. The highest BCUT2D eigenvalue weighted by Crippen LogP contribution is 2.31. The molecule has 4 rings (SSSR count). The van der Waals surface area contributed by atoms with Crippen LogP contribution in [0.15, 0.2) is 54.9 Å². The second-order valence-corrected chi connectivity index (χ2v) is 8.66. The van der Waals surface area contributed by atoms with Crippen LogP contribution in [0.4, 0.5) is 14.5 Å². The SMILES string of the molecule is CCCSNc1ccc(F)c(C(=O)c2cn(C)c3ncc(-c4ccc(Cl)cc4)cc23)c1F. The number of fused-ring (bicyclic) bond motifs is 1. The Kier molecular flexibility index (Phi) is 6.48. The van der Waals surface area contributed by atoms with Crippen molar-refractivity contribution in [1.29, 1.82) is 0 Å². The van der Waals surface area contributed by atoms with Crippen molar-refractivity contribution in [3.8, 4) is 11.1 Å². The van der Waals surface area contributed by atoms with Crippen LogP contribution in [0.25, 0.3) is 22.2 Å². The van der Waals surface area contributed by atoms with Gasteiger partial charge in [-0.05, 0) is 42.3 Å². The van der Waals surface area contributed by atoms with E-state index in [1.165, 1.54) is 18.0 Å². The summed E-state index contributed by atoms with van der Waals surface area (Å²) in [7, 11) is 1.74. The number of rotatable bonds is 7. The van der Waals surface area contributed by atoms with Gasteiger partial charge in [0.25, 0.3) is 0 Å². The van der Waals surface area contributed by atoms with E-state index in [1.54, 1.807) is 42.2 Å². The summed E-state index contributed by atoms with van der Waals surface area (Å²) in [5.41, 5.74) is 1.84. The van der Waals surface area contributed by atoms with Gasteiger partial charge in [0.05, 0.1) is 11.3 Å². The summed E-state index contributed by atoms with van der Waals surface area (Å²) in [6.07, 6.45) is 4.14. The minimum absolute atomic E-state index is 0.0772. The molecular weight excluding hydrogens is 452 g/mol. The average Bonchev–Trinajstić information content (AvgIpc) is 3.12. The van der Waals surface area contributed by atoms with E-state index < -0.39 is 23.0 Å². The molecule has 0 aliphatic heterocycles. The van der Waals surface area contributed by atoms with E-state index in [0.717, 1.165) is 29.4 Å². The van der Waals surface area contributed by atoms with E-state index >= 15 is 4.39 Å². The Labute approximate surface area is 193 Å². The third-order valence-corrected chi connectivity index (χ3v) is 6.27. The molecule has 8 heteroatoms. The van der Waals surface area contributed by atoms with Crippen molar-refractivity contribution in [2.45, 2.75) is 13.3 Å². The molecule has 0 spiro atoms. The van der Waals surface area contributed by atoms with Crippen LogP contribution in [0.2, 0.25) is 5.02 Å². The number of pyridine rings is 1. The maximum atomic E-state index is 15.1. The normalized spacial score (nSPS) is 11.2. The number of hydrogen-bond acceptors (Lipinski definition) is 4. The van der Waals surface area contributed by atoms with Crippen LogP contribution >= 0.6 is 23.5 Å². The third kappa shape index (κ3) is 4.23. The molecule has 0 bridgehead atoms. The highest BCUT2D eigenvalue weighted by molar-refractivity contribution is 8.00.